The summed E-state index contributed by atoms with van der Waals surface area (Å²) in [6, 6.07) is 13.5. The number of nitrogens with one attached hydrogen (secondary N) is 2. The van der Waals surface area contributed by atoms with E-state index in [2.05, 4.69) is 44.8 Å². The average Bonchev–Trinajstić information content (AvgIpc) is 3.66. The summed E-state index contributed by atoms with van der Waals surface area (Å²) in [5.41, 5.74) is 3.27. The van der Waals surface area contributed by atoms with Crippen LogP contribution in [-0.2, 0) is 11.3 Å². The number of benzene rings is 2. The Labute approximate surface area is 213 Å². The molecule has 0 amide bonds. The third-order valence-corrected chi connectivity index (χ3v) is 5.99. The number of halogens is 2. The largest absolute Gasteiger partial charge is 0.490 e. The number of guanidine groups is 1. The molecular formula is C25H34FIN4O2. The second-order valence-electron chi connectivity index (χ2n) is 8.46. The lowest BCUT2D eigenvalue weighted by atomic mass is 10.1. The van der Waals surface area contributed by atoms with Crippen LogP contribution in [0.5, 0.6) is 5.75 Å². The lowest BCUT2D eigenvalue weighted by Crippen LogP contribution is -2.39. The lowest BCUT2D eigenvalue weighted by Gasteiger charge is -2.30. The van der Waals surface area contributed by atoms with Crippen molar-refractivity contribution in [2.24, 2.45) is 10.9 Å². The van der Waals surface area contributed by atoms with Crippen molar-refractivity contribution in [1.82, 2.24) is 10.6 Å². The van der Waals surface area contributed by atoms with Crippen LogP contribution in [0.4, 0.5) is 10.1 Å². The molecule has 2 N–H and O–H groups in total. The number of hydrogen-bond acceptors (Lipinski definition) is 4. The van der Waals surface area contributed by atoms with Crippen LogP contribution in [0.25, 0.3) is 0 Å². The van der Waals surface area contributed by atoms with Gasteiger partial charge in [-0.25, -0.2) is 4.39 Å². The second-order valence-corrected chi connectivity index (χ2v) is 8.46. The molecule has 0 radical (unpaired) electrons. The molecule has 2 aliphatic rings. The zero-order chi connectivity index (χ0) is 22.3. The topological polar surface area (TPSA) is 58.1 Å². The average molecular weight is 568 g/mol. The number of para-hydroxylation sites is 1. The monoisotopic (exact) mass is 568 g/mol. The summed E-state index contributed by atoms with van der Waals surface area (Å²) in [4.78, 5) is 6.71. The fourth-order valence-electron chi connectivity index (χ4n) is 3.83. The minimum atomic E-state index is -0.320. The van der Waals surface area contributed by atoms with Crippen LogP contribution in [0.2, 0.25) is 0 Å². The molecule has 1 heterocycles. The molecule has 1 saturated heterocycles. The highest BCUT2D eigenvalue weighted by molar-refractivity contribution is 14.0. The van der Waals surface area contributed by atoms with Crippen LogP contribution in [-0.4, -0.2) is 45.9 Å². The Morgan fingerprint density at radius 3 is 2.67 bits per heavy atom. The molecule has 1 unspecified atom stereocenters. The van der Waals surface area contributed by atoms with E-state index in [1.807, 2.05) is 13.0 Å². The first-order valence-electron chi connectivity index (χ1n) is 11.4. The molecule has 1 aliphatic heterocycles. The zero-order valence-electron chi connectivity index (χ0n) is 19.4. The maximum absolute atomic E-state index is 14.5. The Bertz CT molecular complexity index is 932. The fraction of sp³-hybridized carbons (Fsp3) is 0.480. The second kappa shape index (κ2) is 12.4. The maximum atomic E-state index is 14.5. The Morgan fingerprint density at radius 1 is 1.21 bits per heavy atom. The van der Waals surface area contributed by atoms with E-state index in [1.165, 1.54) is 24.1 Å². The molecule has 4 rings (SSSR count). The van der Waals surface area contributed by atoms with E-state index in [4.69, 9.17) is 9.47 Å². The van der Waals surface area contributed by atoms with Gasteiger partial charge < -0.3 is 25.0 Å². The number of anilines is 1. The quantitative estimate of drug-likeness (QED) is 0.279. The summed E-state index contributed by atoms with van der Waals surface area (Å²) < 4.78 is 25.6. The first-order chi connectivity index (χ1) is 15.6. The summed E-state index contributed by atoms with van der Waals surface area (Å²) in [6.07, 6.45) is 2.37. The van der Waals surface area contributed by atoms with Gasteiger partial charge in [0.1, 0.15) is 0 Å². The first kappa shape index (κ1) is 25.6. The Hall–Kier alpha value is -2.07. The van der Waals surface area contributed by atoms with Crippen molar-refractivity contribution < 1.29 is 13.9 Å². The van der Waals surface area contributed by atoms with Crippen LogP contribution in [0, 0.1) is 11.7 Å². The normalized spacial score (nSPS) is 17.2. The molecule has 0 aromatic heterocycles. The van der Waals surface area contributed by atoms with Gasteiger partial charge in [0, 0.05) is 32.4 Å². The predicted molar refractivity (Wildman–Crippen MR) is 141 cm³/mol. The third-order valence-electron chi connectivity index (χ3n) is 5.99. The van der Waals surface area contributed by atoms with E-state index in [-0.39, 0.29) is 35.8 Å². The number of hydrogen-bond donors (Lipinski definition) is 2. The van der Waals surface area contributed by atoms with Crippen molar-refractivity contribution in [3.63, 3.8) is 0 Å². The van der Waals surface area contributed by atoms with Crippen LogP contribution < -0.4 is 20.3 Å². The number of aliphatic imine (C=N–C) groups is 1. The van der Waals surface area contributed by atoms with E-state index in [0.29, 0.717) is 30.8 Å². The molecule has 1 aliphatic carbocycles. The Kier molecular flexibility index (Phi) is 9.61. The van der Waals surface area contributed by atoms with Gasteiger partial charge in [-0.3, -0.25) is 4.99 Å². The van der Waals surface area contributed by atoms with Gasteiger partial charge in [-0.1, -0.05) is 24.3 Å². The van der Waals surface area contributed by atoms with Crippen LogP contribution in [0.1, 0.15) is 36.9 Å². The molecule has 0 bridgehead atoms. The summed E-state index contributed by atoms with van der Waals surface area (Å²) >= 11 is 0. The smallest absolute Gasteiger partial charge is 0.191 e. The number of morpholine rings is 1. The molecule has 8 heteroatoms. The van der Waals surface area contributed by atoms with Crippen LogP contribution in [0.3, 0.4) is 0 Å². The number of rotatable bonds is 8. The summed E-state index contributed by atoms with van der Waals surface area (Å²) in [6.45, 7) is 6.54. The molecule has 6 nitrogen and oxygen atoms in total. The minimum Gasteiger partial charge on any atom is -0.490 e. The van der Waals surface area contributed by atoms with Crippen molar-refractivity contribution in [2.75, 3.05) is 44.9 Å². The first-order valence-corrected chi connectivity index (χ1v) is 11.4. The number of nitrogens with zero attached hydrogens (tertiary/aromatic N) is 2. The number of ether oxygens (including phenoxy) is 2. The van der Waals surface area contributed by atoms with Crippen LogP contribution >= 0.6 is 24.0 Å². The molecule has 1 atom stereocenters. The van der Waals surface area contributed by atoms with Gasteiger partial charge in [0.25, 0.3) is 0 Å². The van der Waals surface area contributed by atoms with E-state index in [0.717, 1.165) is 31.9 Å². The highest BCUT2D eigenvalue weighted by atomic mass is 127. The van der Waals surface area contributed by atoms with Gasteiger partial charge in [-0.05, 0) is 55.0 Å². The predicted octanol–water partition coefficient (Wildman–Crippen LogP) is 4.50. The molecule has 2 aromatic carbocycles. The van der Waals surface area contributed by atoms with Crippen molar-refractivity contribution in [3.8, 4) is 5.75 Å². The van der Waals surface area contributed by atoms with Crippen molar-refractivity contribution >= 4 is 35.6 Å². The molecule has 33 heavy (non-hydrogen) atoms. The lowest BCUT2D eigenvalue weighted by molar-refractivity contribution is 0.122. The standard InChI is InChI=1S/C25H33FN4O2.HI/c1-18(20-9-10-24(22(26)15-20)32-17-19-7-8-19)29-25(27-2)28-16-21-5-3-4-6-23(21)30-11-13-31-14-12-30;/h3-6,9-10,15,18-19H,7-8,11-14,16-17H2,1-2H3,(H2,27,28,29);1H. The highest BCUT2D eigenvalue weighted by Crippen LogP contribution is 2.30. The van der Waals surface area contributed by atoms with E-state index in [1.54, 1.807) is 19.2 Å². The zero-order valence-corrected chi connectivity index (χ0v) is 21.7. The SMILES string of the molecule is CN=C(NCc1ccccc1N1CCOCC1)NC(C)c1ccc(OCC2CC2)c(F)c1.I. The highest BCUT2D eigenvalue weighted by Gasteiger charge is 2.22. The molecule has 2 aromatic rings. The molecule has 180 valence electrons. The minimum absolute atomic E-state index is 0. The van der Waals surface area contributed by atoms with Gasteiger partial charge in [0.2, 0.25) is 0 Å². The maximum Gasteiger partial charge on any atom is 0.191 e. The Balaban J connectivity index is 0.00000306. The molecule has 0 spiro atoms. The van der Waals surface area contributed by atoms with Crippen LogP contribution in [0.15, 0.2) is 47.5 Å². The molecule has 2 fully saturated rings. The Morgan fingerprint density at radius 2 is 1.97 bits per heavy atom. The van der Waals surface area contributed by atoms with Gasteiger partial charge >= 0.3 is 0 Å². The third kappa shape index (κ3) is 7.20. The van der Waals surface area contributed by atoms with E-state index < -0.39 is 0 Å². The van der Waals surface area contributed by atoms with Crippen molar-refractivity contribution in [2.45, 2.75) is 32.4 Å². The molecule has 1 saturated carbocycles. The summed E-state index contributed by atoms with van der Waals surface area (Å²) in [7, 11) is 1.74. The fourth-order valence-corrected chi connectivity index (χ4v) is 3.83. The van der Waals surface area contributed by atoms with Crippen molar-refractivity contribution in [1.29, 1.82) is 0 Å². The molecular weight excluding hydrogens is 534 g/mol. The van der Waals surface area contributed by atoms with Gasteiger partial charge in [0.15, 0.2) is 17.5 Å². The van der Waals surface area contributed by atoms with Gasteiger partial charge in [0.05, 0.1) is 25.9 Å². The van der Waals surface area contributed by atoms with Crippen molar-refractivity contribution in [3.05, 3.63) is 59.4 Å². The van der Waals surface area contributed by atoms with Gasteiger partial charge in [-0.2, -0.15) is 0 Å². The summed E-state index contributed by atoms with van der Waals surface area (Å²) in [5.74, 6) is 1.27. The van der Waals surface area contributed by atoms with E-state index in [9.17, 15) is 4.39 Å². The summed E-state index contributed by atoms with van der Waals surface area (Å²) in [5, 5.41) is 6.75. The van der Waals surface area contributed by atoms with E-state index >= 15 is 0 Å². The van der Waals surface area contributed by atoms with Gasteiger partial charge in [-0.15, -0.1) is 24.0 Å².